The van der Waals surface area contributed by atoms with Gasteiger partial charge in [0.1, 0.15) is 5.69 Å². The van der Waals surface area contributed by atoms with Gasteiger partial charge in [-0.1, -0.05) is 100 Å². The standard InChI is InChI=1S/C44H26Br5N5O4S2/c45-27-19-25(20-28(46)23-27)41-33-11-15-37(50-33)43(49)38-16-12-34(51-38)42(26-21-29(47)24-30(48)22-26)36-14-18-40(53-36)44(39-17-13-35(41)52-39)54(59(55,56)31-7-3-1-4-8-31)60(57,58)32-9-5-2-6-10-32/h1-24,50,53H. The van der Waals surface area contributed by atoms with Crippen LogP contribution in [0.3, 0.4) is 0 Å². The van der Waals surface area contributed by atoms with Crippen LogP contribution in [0.15, 0.2) is 153 Å². The van der Waals surface area contributed by atoms with Crippen LogP contribution in [0.2, 0.25) is 0 Å². The van der Waals surface area contributed by atoms with Gasteiger partial charge in [-0.2, -0.15) is 3.71 Å². The second-order valence-electron chi connectivity index (χ2n) is 13.6. The summed E-state index contributed by atoms with van der Waals surface area (Å²) in [4.78, 5) is 16.7. The highest BCUT2D eigenvalue weighted by Gasteiger charge is 2.40. The Morgan fingerprint density at radius 2 is 0.817 bits per heavy atom. The van der Waals surface area contributed by atoms with Gasteiger partial charge < -0.3 is 9.97 Å². The molecule has 60 heavy (non-hydrogen) atoms. The Kier molecular flexibility index (Phi) is 11.0. The van der Waals surface area contributed by atoms with E-state index in [9.17, 15) is 0 Å². The van der Waals surface area contributed by atoms with E-state index in [0.29, 0.717) is 43.0 Å². The van der Waals surface area contributed by atoms with E-state index in [1.165, 1.54) is 24.3 Å². The second-order valence-corrected chi connectivity index (χ2v) is 21.8. The number of hydrogen-bond acceptors (Lipinski definition) is 6. The number of aromatic nitrogens is 4. The SMILES string of the molecule is O=S(=O)(c1ccccc1)N(c1c2nc(c(-c3cc(Br)cc(Br)c3)c3ccc([nH]3)c(Br)c3nc(c(-c4cc(Br)cc(Br)c4)c4ccc1[nH]4)C=C3)C=C2)S(=O)(=O)c1ccccc1. The predicted molar refractivity (Wildman–Crippen MR) is 258 cm³/mol. The molecule has 2 aliphatic rings. The summed E-state index contributed by atoms with van der Waals surface area (Å²) in [5.41, 5.74) is 6.60. The third kappa shape index (κ3) is 7.60. The summed E-state index contributed by atoms with van der Waals surface area (Å²) in [7, 11) is -9.72. The van der Waals surface area contributed by atoms with Gasteiger partial charge in [0, 0.05) is 40.1 Å². The lowest BCUT2D eigenvalue weighted by molar-refractivity contribution is 0.584. The van der Waals surface area contributed by atoms with Crippen LogP contribution >= 0.6 is 79.6 Å². The van der Waals surface area contributed by atoms with Gasteiger partial charge in [-0.3, -0.25) is 0 Å². The summed E-state index contributed by atoms with van der Waals surface area (Å²) in [5, 5.41) is 0. The third-order valence-corrected chi connectivity index (χ3v) is 16.5. The summed E-state index contributed by atoms with van der Waals surface area (Å²) in [5.74, 6) is 0. The second kappa shape index (κ2) is 16.1. The van der Waals surface area contributed by atoms with E-state index in [1.807, 2.05) is 60.7 Å². The number of H-pyrrole nitrogens is 2. The maximum atomic E-state index is 15.1. The van der Waals surface area contributed by atoms with Crippen molar-refractivity contribution in [2.45, 2.75) is 9.79 Å². The molecule has 2 aliphatic heterocycles. The molecular formula is C44H26Br5N5O4S2. The van der Waals surface area contributed by atoms with Gasteiger partial charge in [0.05, 0.1) is 48.1 Å². The van der Waals surface area contributed by atoms with Gasteiger partial charge in [0.25, 0.3) is 20.0 Å². The van der Waals surface area contributed by atoms with Crippen molar-refractivity contribution < 1.29 is 16.8 Å². The van der Waals surface area contributed by atoms with Crippen molar-refractivity contribution in [3.8, 4) is 22.3 Å². The zero-order valence-corrected chi connectivity index (χ0v) is 40.1. The fraction of sp³-hybridized carbons (Fsp3) is 0. The lowest BCUT2D eigenvalue weighted by Crippen LogP contribution is -2.37. The highest BCUT2D eigenvalue weighted by molar-refractivity contribution is 9.11. The van der Waals surface area contributed by atoms with E-state index in [2.05, 4.69) is 89.6 Å². The lowest BCUT2D eigenvalue weighted by atomic mass is 10.0. The molecule has 0 radical (unpaired) electrons. The molecule has 0 amide bonds. The number of benzene rings is 4. The van der Waals surface area contributed by atoms with Gasteiger partial charge in [-0.25, -0.2) is 26.8 Å². The van der Waals surface area contributed by atoms with Crippen molar-refractivity contribution in [1.29, 1.82) is 0 Å². The van der Waals surface area contributed by atoms with E-state index < -0.39 is 20.0 Å². The number of aromatic amines is 2. The molecule has 2 N–H and O–H groups in total. The van der Waals surface area contributed by atoms with Crippen LogP contribution in [0, 0.1) is 0 Å². The largest absolute Gasteiger partial charge is 0.354 e. The average molecular weight is 1150 g/mol. The average Bonchev–Trinajstić information content (AvgIpc) is 4.06. The van der Waals surface area contributed by atoms with E-state index in [0.717, 1.165) is 39.0 Å². The molecule has 9 nitrogen and oxygen atoms in total. The van der Waals surface area contributed by atoms with Gasteiger partial charge in [0.2, 0.25) is 0 Å². The number of nitrogens with zero attached hydrogens (tertiary/aromatic N) is 3. The molecule has 0 unspecified atom stereocenters. The molecule has 16 heteroatoms. The summed E-state index contributed by atoms with van der Waals surface area (Å²) in [6.07, 6.45) is 7.20. The van der Waals surface area contributed by atoms with Crippen molar-refractivity contribution in [3.05, 3.63) is 166 Å². The lowest BCUT2D eigenvalue weighted by Gasteiger charge is -2.25. The van der Waals surface area contributed by atoms with Gasteiger partial charge >= 0.3 is 0 Å². The normalized spacial score (nSPS) is 12.6. The number of sulfonamides is 2. The van der Waals surface area contributed by atoms with E-state index in [4.69, 9.17) is 9.97 Å². The molecule has 3 aromatic heterocycles. The van der Waals surface area contributed by atoms with Gasteiger partial charge in [0.15, 0.2) is 0 Å². The molecule has 5 heterocycles. The third-order valence-electron chi connectivity index (χ3n) is 9.67. The maximum absolute atomic E-state index is 15.1. The van der Waals surface area contributed by atoms with Crippen molar-refractivity contribution >= 4 is 152 Å². The molecule has 4 aromatic carbocycles. The Balaban J connectivity index is 1.50. The van der Waals surface area contributed by atoms with Crippen LogP contribution in [0.4, 0.5) is 5.69 Å². The molecule has 298 valence electrons. The van der Waals surface area contributed by atoms with Gasteiger partial charge in [-0.05, 0) is 136 Å². The van der Waals surface area contributed by atoms with Crippen molar-refractivity contribution in [3.63, 3.8) is 0 Å². The molecule has 0 aliphatic carbocycles. The quantitative estimate of drug-likeness (QED) is 0.164. The Morgan fingerprint density at radius 1 is 0.433 bits per heavy atom. The molecule has 0 saturated carbocycles. The number of halogens is 5. The first-order chi connectivity index (χ1) is 28.8. The molecule has 0 spiro atoms. The minimum atomic E-state index is -4.86. The molecule has 0 atom stereocenters. The minimum Gasteiger partial charge on any atom is -0.354 e. The highest BCUT2D eigenvalue weighted by Crippen LogP contribution is 2.42. The Labute approximate surface area is 387 Å². The number of anilines is 1. The predicted octanol–water partition coefficient (Wildman–Crippen LogP) is 13.4. The van der Waals surface area contributed by atoms with E-state index in [1.54, 1.807) is 60.7 Å². The van der Waals surface area contributed by atoms with Crippen molar-refractivity contribution in [2.24, 2.45) is 0 Å². The highest BCUT2D eigenvalue weighted by atomic mass is 79.9. The fourth-order valence-corrected chi connectivity index (χ4v) is 13.9. The van der Waals surface area contributed by atoms with Gasteiger partial charge in [-0.15, -0.1) is 0 Å². The Bertz CT molecular complexity index is 3210. The number of hydrogen-bond donors (Lipinski definition) is 2. The summed E-state index contributed by atoms with van der Waals surface area (Å²) < 4.78 is 64.8. The number of nitrogens with one attached hydrogen (secondary N) is 2. The first-order valence-electron chi connectivity index (χ1n) is 17.9. The van der Waals surface area contributed by atoms with E-state index in [-0.39, 0.29) is 26.7 Å². The molecular weight excluding hydrogens is 1130 g/mol. The molecule has 8 bridgehead atoms. The Hall–Kier alpha value is -4.42. The Morgan fingerprint density at radius 3 is 1.30 bits per heavy atom. The zero-order chi connectivity index (χ0) is 41.9. The van der Waals surface area contributed by atoms with Crippen LogP contribution in [0.5, 0.6) is 0 Å². The number of rotatable bonds is 7. The van der Waals surface area contributed by atoms with Crippen molar-refractivity contribution in [1.82, 2.24) is 19.9 Å². The molecule has 0 saturated heterocycles. The van der Waals surface area contributed by atoms with Crippen molar-refractivity contribution in [2.75, 3.05) is 3.71 Å². The molecule has 9 rings (SSSR count). The smallest absolute Gasteiger partial charge is 0.277 e. The maximum Gasteiger partial charge on any atom is 0.277 e. The first-order valence-corrected chi connectivity index (χ1v) is 24.8. The molecule has 7 aromatic rings. The summed E-state index contributed by atoms with van der Waals surface area (Å²) >= 11 is 18.4. The minimum absolute atomic E-state index is 0.0797. The number of fused-ring (bicyclic) bond motifs is 8. The van der Waals surface area contributed by atoms with Crippen LogP contribution in [-0.4, -0.2) is 36.8 Å². The van der Waals surface area contributed by atoms with E-state index >= 15 is 16.8 Å². The van der Waals surface area contributed by atoms with Crippen LogP contribution in [0.25, 0.3) is 68.6 Å². The topological polar surface area (TPSA) is 129 Å². The molecule has 0 fully saturated rings. The van der Waals surface area contributed by atoms with Crippen LogP contribution < -0.4 is 3.71 Å². The van der Waals surface area contributed by atoms with Crippen LogP contribution in [-0.2, 0) is 20.0 Å². The monoisotopic (exact) mass is 1150 g/mol. The first kappa shape index (κ1) is 41.0. The summed E-state index contributed by atoms with van der Waals surface area (Å²) in [6.45, 7) is 0. The zero-order valence-electron chi connectivity index (χ0n) is 30.5. The van der Waals surface area contributed by atoms with Crippen LogP contribution in [0.1, 0.15) is 22.8 Å². The fourth-order valence-electron chi connectivity index (χ4n) is 7.10. The summed E-state index contributed by atoms with van der Waals surface area (Å²) in [6, 6.07) is 33.9.